The zero-order valence-corrected chi connectivity index (χ0v) is 14.3. The summed E-state index contributed by atoms with van der Waals surface area (Å²) in [7, 11) is 0. The third kappa shape index (κ3) is 5.71. The molecule has 0 atom stereocenters. The standard InChI is InChI=1S/C17H36N2O/c1-6-17(7-2,13-18-16(3,4)5)14-19-10-8-15(12-20)9-11-19/h15,18,20H,6-14H2,1-5H3. The second-order valence-electron chi connectivity index (χ2n) is 7.71. The number of likely N-dealkylation sites (tertiary alicyclic amines) is 1. The van der Waals surface area contributed by atoms with Gasteiger partial charge in [0.25, 0.3) is 0 Å². The Morgan fingerprint density at radius 2 is 1.65 bits per heavy atom. The van der Waals surface area contributed by atoms with Crippen LogP contribution in [0.2, 0.25) is 0 Å². The molecule has 0 amide bonds. The molecule has 2 N–H and O–H groups in total. The van der Waals surface area contributed by atoms with Gasteiger partial charge >= 0.3 is 0 Å². The van der Waals surface area contributed by atoms with Crippen LogP contribution in [0.3, 0.4) is 0 Å². The fourth-order valence-electron chi connectivity index (χ4n) is 3.03. The van der Waals surface area contributed by atoms with Gasteiger partial charge < -0.3 is 15.3 Å². The Balaban J connectivity index is 2.53. The Bertz CT molecular complexity index is 261. The molecule has 0 aliphatic carbocycles. The fraction of sp³-hybridized carbons (Fsp3) is 1.00. The fourth-order valence-corrected chi connectivity index (χ4v) is 3.03. The minimum atomic E-state index is 0.194. The van der Waals surface area contributed by atoms with Crippen molar-refractivity contribution in [3.8, 4) is 0 Å². The van der Waals surface area contributed by atoms with Crippen LogP contribution in [0.25, 0.3) is 0 Å². The SMILES string of the molecule is CCC(CC)(CNC(C)(C)C)CN1CCC(CO)CC1. The summed E-state index contributed by atoms with van der Waals surface area (Å²) in [5.41, 5.74) is 0.582. The van der Waals surface area contributed by atoms with Gasteiger partial charge in [0.2, 0.25) is 0 Å². The Morgan fingerprint density at radius 3 is 2.05 bits per heavy atom. The number of nitrogens with one attached hydrogen (secondary N) is 1. The van der Waals surface area contributed by atoms with Crippen LogP contribution in [-0.4, -0.2) is 48.3 Å². The average molecular weight is 284 g/mol. The molecule has 0 aromatic rings. The van der Waals surface area contributed by atoms with Gasteiger partial charge in [-0.3, -0.25) is 0 Å². The Kier molecular flexibility index (Phi) is 6.96. The molecule has 0 spiro atoms. The number of hydrogen-bond donors (Lipinski definition) is 2. The van der Waals surface area contributed by atoms with Gasteiger partial charge in [-0.05, 0) is 70.9 Å². The maximum absolute atomic E-state index is 9.25. The molecule has 1 aliphatic heterocycles. The molecule has 0 aromatic heterocycles. The first-order valence-electron chi connectivity index (χ1n) is 8.42. The first-order chi connectivity index (χ1) is 9.34. The zero-order valence-electron chi connectivity index (χ0n) is 14.3. The zero-order chi connectivity index (χ0) is 15.2. The summed E-state index contributed by atoms with van der Waals surface area (Å²) in [6, 6.07) is 0. The summed E-state index contributed by atoms with van der Waals surface area (Å²) in [6.07, 6.45) is 4.78. The van der Waals surface area contributed by atoms with Crippen molar-refractivity contribution < 1.29 is 5.11 Å². The van der Waals surface area contributed by atoms with E-state index in [0.29, 0.717) is 17.9 Å². The lowest BCUT2D eigenvalue weighted by atomic mass is 9.80. The molecule has 0 radical (unpaired) electrons. The van der Waals surface area contributed by atoms with E-state index >= 15 is 0 Å². The Morgan fingerprint density at radius 1 is 1.10 bits per heavy atom. The van der Waals surface area contributed by atoms with Gasteiger partial charge in [-0.15, -0.1) is 0 Å². The van der Waals surface area contributed by atoms with Gasteiger partial charge in [-0.25, -0.2) is 0 Å². The van der Waals surface area contributed by atoms with Crippen LogP contribution in [0.15, 0.2) is 0 Å². The molecule has 1 saturated heterocycles. The van der Waals surface area contributed by atoms with Crippen LogP contribution < -0.4 is 5.32 Å². The highest BCUT2D eigenvalue weighted by Gasteiger charge is 2.31. The van der Waals surface area contributed by atoms with Crippen LogP contribution in [0, 0.1) is 11.3 Å². The van der Waals surface area contributed by atoms with Crippen molar-refractivity contribution in [3.05, 3.63) is 0 Å². The van der Waals surface area contributed by atoms with Gasteiger partial charge in [0, 0.05) is 25.2 Å². The summed E-state index contributed by atoms with van der Waals surface area (Å²) < 4.78 is 0. The summed E-state index contributed by atoms with van der Waals surface area (Å²) in [4.78, 5) is 2.61. The number of aliphatic hydroxyl groups excluding tert-OH is 1. The second kappa shape index (κ2) is 7.77. The highest BCUT2D eigenvalue weighted by atomic mass is 16.3. The molecule has 0 bridgehead atoms. The highest BCUT2D eigenvalue weighted by molar-refractivity contribution is 4.87. The number of rotatable bonds is 7. The molecule has 3 nitrogen and oxygen atoms in total. The Hall–Kier alpha value is -0.120. The smallest absolute Gasteiger partial charge is 0.0460 e. The molecule has 0 saturated carbocycles. The summed E-state index contributed by atoms with van der Waals surface area (Å²) >= 11 is 0. The van der Waals surface area contributed by atoms with E-state index < -0.39 is 0 Å². The van der Waals surface area contributed by atoms with E-state index in [-0.39, 0.29) is 5.54 Å². The van der Waals surface area contributed by atoms with Gasteiger partial charge in [0.05, 0.1) is 0 Å². The maximum atomic E-state index is 9.25. The summed E-state index contributed by atoms with van der Waals surface area (Å²) in [5, 5.41) is 13.0. The van der Waals surface area contributed by atoms with Crippen molar-refractivity contribution in [2.24, 2.45) is 11.3 Å². The lowest BCUT2D eigenvalue weighted by Crippen LogP contribution is -2.50. The quantitative estimate of drug-likeness (QED) is 0.754. The van der Waals surface area contributed by atoms with Crippen molar-refractivity contribution in [3.63, 3.8) is 0 Å². The minimum Gasteiger partial charge on any atom is -0.396 e. The molecule has 20 heavy (non-hydrogen) atoms. The number of piperidine rings is 1. The maximum Gasteiger partial charge on any atom is 0.0460 e. The molecule has 0 aromatic carbocycles. The minimum absolute atomic E-state index is 0.194. The topological polar surface area (TPSA) is 35.5 Å². The third-order valence-electron chi connectivity index (χ3n) is 5.02. The molecule has 3 heteroatoms. The van der Waals surface area contributed by atoms with Crippen LogP contribution >= 0.6 is 0 Å². The largest absolute Gasteiger partial charge is 0.396 e. The number of hydrogen-bond acceptors (Lipinski definition) is 3. The number of aliphatic hydroxyl groups is 1. The van der Waals surface area contributed by atoms with Crippen LogP contribution in [0.1, 0.15) is 60.3 Å². The monoisotopic (exact) mass is 284 g/mol. The molecular weight excluding hydrogens is 248 g/mol. The van der Waals surface area contributed by atoms with E-state index in [1.54, 1.807) is 0 Å². The van der Waals surface area contributed by atoms with Gasteiger partial charge in [0.1, 0.15) is 0 Å². The van der Waals surface area contributed by atoms with Crippen molar-refractivity contribution in [2.45, 2.75) is 65.8 Å². The van der Waals surface area contributed by atoms with Crippen molar-refractivity contribution >= 4 is 0 Å². The molecule has 0 unspecified atom stereocenters. The Labute approximate surface area is 126 Å². The summed E-state index contributed by atoms with van der Waals surface area (Å²) in [5.74, 6) is 0.539. The van der Waals surface area contributed by atoms with Crippen LogP contribution in [0.5, 0.6) is 0 Å². The van der Waals surface area contributed by atoms with Gasteiger partial charge in [0.15, 0.2) is 0 Å². The van der Waals surface area contributed by atoms with E-state index in [2.05, 4.69) is 44.8 Å². The second-order valence-corrected chi connectivity index (χ2v) is 7.71. The lowest BCUT2D eigenvalue weighted by molar-refractivity contribution is 0.0790. The first kappa shape index (κ1) is 17.9. The predicted octanol–water partition coefficient (Wildman–Crippen LogP) is 2.89. The lowest BCUT2D eigenvalue weighted by Gasteiger charge is -2.41. The average Bonchev–Trinajstić information content (AvgIpc) is 2.43. The summed E-state index contributed by atoms with van der Waals surface area (Å²) in [6.45, 7) is 16.4. The van der Waals surface area contributed by atoms with Crippen molar-refractivity contribution in [1.82, 2.24) is 10.2 Å². The molecular formula is C17H36N2O. The number of nitrogens with zero attached hydrogens (tertiary/aromatic N) is 1. The normalized spacial score (nSPS) is 19.5. The molecule has 1 rings (SSSR count). The molecule has 1 fully saturated rings. The van der Waals surface area contributed by atoms with Crippen molar-refractivity contribution in [1.29, 1.82) is 0 Å². The predicted molar refractivity (Wildman–Crippen MR) is 87.0 cm³/mol. The van der Waals surface area contributed by atoms with E-state index in [0.717, 1.165) is 32.5 Å². The molecule has 1 aliphatic rings. The molecule has 120 valence electrons. The van der Waals surface area contributed by atoms with Crippen LogP contribution in [0.4, 0.5) is 0 Å². The van der Waals surface area contributed by atoms with Gasteiger partial charge in [-0.1, -0.05) is 13.8 Å². The van der Waals surface area contributed by atoms with E-state index in [4.69, 9.17) is 0 Å². The van der Waals surface area contributed by atoms with E-state index in [1.165, 1.54) is 19.4 Å². The van der Waals surface area contributed by atoms with E-state index in [9.17, 15) is 5.11 Å². The van der Waals surface area contributed by atoms with Crippen molar-refractivity contribution in [2.75, 3.05) is 32.8 Å². The first-order valence-corrected chi connectivity index (χ1v) is 8.42. The highest BCUT2D eigenvalue weighted by Crippen LogP contribution is 2.29. The van der Waals surface area contributed by atoms with Crippen LogP contribution in [-0.2, 0) is 0 Å². The molecule has 1 heterocycles. The van der Waals surface area contributed by atoms with E-state index in [1.807, 2.05) is 0 Å². The third-order valence-corrected chi connectivity index (χ3v) is 5.02. The van der Waals surface area contributed by atoms with Gasteiger partial charge in [-0.2, -0.15) is 0 Å².